The molecular formula is C30H25BO4P2. The third kappa shape index (κ3) is 5.46. The Balaban J connectivity index is 1.65. The summed E-state index contributed by atoms with van der Waals surface area (Å²) in [5, 5.41) is 2.11. The molecule has 0 heterocycles. The number of hydrogen-bond donors (Lipinski definition) is 0. The van der Waals surface area contributed by atoms with Crippen LogP contribution in [0.2, 0.25) is 0 Å². The van der Waals surface area contributed by atoms with Crippen LogP contribution >= 0.6 is 14.7 Å². The summed E-state index contributed by atoms with van der Waals surface area (Å²) in [6.45, 7) is 0. The Labute approximate surface area is 218 Å². The highest BCUT2D eigenvalue weighted by Crippen LogP contribution is 2.50. The number of rotatable bonds is 9. The molecule has 7 heteroatoms. The van der Waals surface area contributed by atoms with Gasteiger partial charge in [0, 0.05) is 21.2 Å². The van der Waals surface area contributed by atoms with Gasteiger partial charge < -0.3 is 8.88 Å². The van der Waals surface area contributed by atoms with E-state index in [2.05, 4.69) is 0 Å². The Morgan fingerprint density at radius 2 is 0.622 bits per heavy atom. The molecule has 182 valence electrons. The fourth-order valence-corrected chi connectivity index (χ4v) is 8.34. The minimum atomic E-state index is -3.66. The zero-order chi connectivity index (χ0) is 25.6. The molecule has 0 saturated heterocycles. The molecule has 0 N–H and O–H groups in total. The monoisotopic (exact) mass is 522 g/mol. The first-order valence-corrected chi connectivity index (χ1v) is 15.2. The normalized spacial score (nSPS) is 11.7. The summed E-state index contributed by atoms with van der Waals surface area (Å²) in [6, 6.07) is 45.5. The molecule has 0 amide bonds. The first-order valence-electron chi connectivity index (χ1n) is 11.9. The lowest BCUT2D eigenvalue weighted by Crippen LogP contribution is -2.40. The largest absolute Gasteiger partial charge is 0.505 e. The topological polar surface area (TPSA) is 52.6 Å². The predicted octanol–water partition coefficient (Wildman–Crippen LogP) is 5.27. The Bertz CT molecular complexity index is 1330. The van der Waals surface area contributed by atoms with Crippen LogP contribution in [0.4, 0.5) is 0 Å². The molecule has 5 rings (SSSR count). The average molecular weight is 522 g/mol. The molecule has 37 heavy (non-hydrogen) atoms. The van der Waals surface area contributed by atoms with Crippen LogP contribution < -0.4 is 26.7 Å². The minimum Gasteiger partial charge on any atom is -0.349 e. The molecular weight excluding hydrogens is 497 g/mol. The average Bonchev–Trinajstić information content (AvgIpc) is 2.99. The standard InChI is InChI=1S/C30H25BO4P2/c32-36(27-18-8-2-9-19-27,28-20-10-3-11-21-28)34-31(26-16-6-1-7-17-26)35-37(33,29-22-12-4-13-23-29)30-24-14-5-15-25-30/h1-25H. The van der Waals surface area contributed by atoms with Crippen molar-refractivity contribution in [1.29, 1.82) is 0 Å². The fourth-order valence-electron chi connectivity index (χ4n) is 4.06. The third-order valence-corrected chi connectivity index (χ3v) is 10.8. The second-order valence-corrected chi connectivity index (χ2v) is 13.1. The van der Waals surface area contributed by atoms with Crippen molar-refractivity contribution in [2.24, 2.45) is 0 Å². The molecule has 5 aromatic rings. The van der Waals surface area contributed by atoms with Gasteiger partial charge in [-0.1, -0.05) is 103 Å². The summed E-state index contributed by atoms with van der Waals surface area (Å²) in [5.74, 6) is 0. The van der Waals surface area contributed by atoms with E-state index in [0.29, 0.717) is 26.7 Å². The van der Waals surface area contributed by atoms with Gasteiger partial charge in [-0.25, -0.2) is 0 Å². The van der Waals surface area contributed by atoms with Gasteiger partial charge in [-0.15, -0.1) is 0 Å². The second-order valence-electron chi connectivity index (χ2n) is 8.40. The van der Waals surface area contributed by atoms with Crippen molar-refractivity contribution in [3.05, 3.63) is 152 Å². The molecule has 4 nitrogen and oxygen atoms in total. The highest BCUT2D eigenvalue weighted by molar-refractivity contribution is 7.77. The highest BCUT2D eigenvalue weighted by atomic mass is 31.2. The zero-order valence-corrected chi connectivity index (χ0v) is 21.8. The molecule has 0 radical (unpaired) electrons. The van der Waals surface area contributed by atoms with E-state index < -0.39 is 21.9 Å². The van der Waals surface area contributed by atoms with E-state index in [0.717, 1.165) is 0 Å². The Kier molecular flexibility index (Phi) is 7.69. The van der Waals surface area contributed by atoms with Crippen molar-refractivity contribution in [2.45, 2.75) is 0 Å². The second kappa shape index (κ2) is 11.3. The zero-order valence-electron chi connectivity index (χ0n) is 20.0. The van der Waals surface area contributed by atoms with Gasteiger partial charge in [0.05, 0.1) is 0 Å². The van der Waals surface area contributed by atoms with Crippen molar-refractivity contribution in [3.8, 4) is 0 Å². The van der Waals surface area contributed by atoms with Crippen LogP contribution in [-0.4, -0.2) is 7.12 Å². The Hall–Kier alpha value is -3.46. The SMILES string of the molecule is O=P(OB(OP(=O)(c1ccccc1)c1ccccc1)c1ccccc1)(c1ccccc1)c1ccccc1. The van der Waals surface area contributed by atoms with Gasteiger partial charge in [0.1, 0.15) is 0 Å². The molecule has 0 atom stereocenters. The van der Waals surface area contributed by atoms with Gasteiger partial charge in [-0.2, -0.15) is 0 Å². The van der Waals surface area contributed by atoms with E-state index >= 15 is 0 Å². The molecule has 0 bridgehead atoms. The van der Waals surface area contributed by atoms with Gasteiger partial charge in [0.2, 0.25) is 14.7 Å². The van der Waals surface area contributed by atoms with E-state index in [4.69, 9.17) is 8.88 Å². The molecule has 5 aromatic carbocycles. The van der Waals surface area contributed by atoms with Gasteiger partial charge in [0.25, 0.3) is 0 Å². The van der Waals surface area contributed by atoms with E-state index in [9.17, 15) is 9.13 Å². The molecule has 0 aliphatic heterocycles. The van der Waals surface area contributed by atoms with Crippen LogP contribution in [0.3, 0.4) is 0 Å². The third-order valence-electron chi connectivity index (χ3n) is 5.94. The lowest BCUT2D eigenvalue weighted by atomic mass is 9.80. The van der Waals surface area contributed by atoms with Gasteiger partial charge in [-0.05, 0) is 54.0 Å². The smallest absolute Gasteiger partial charge is 0.349 e. The maximum absolute atomic E-state index is 14.8. The summed E-state index contributed by atoms with van der Waals surface area (Å²) in [5.41, 5.74) is 0.613. The van der Waals surface area contributed by atoms with E-state index in [-0.39, 0.29) is 0 Å². The van der Waals surface area contributed by atoms with Gasteiger partial charge >= 0.3 is 7.12 Å². The van der Waals surface area contributed by atoms with Crippen molar-refractivity contribution in [3.63, 3.8) is 0 Å². The van der Waals surface area contributed by atoms with Crippen molar-refractivity contribution in [2.75, 3.05) is 0 Å². The van der Waals surface area contributed by atoms with Gasteiger partial charge in [-0.3, -0.25) is 9.13 Å². The summed E-state index contributed by atoms with van der Waals surface area (Å²) in [4.78, 5) is 0. The Morgan fingerprint density at radius 1 is 0.378 bits per heavy atom. The first kappa shape index (κ1) is 25.2. The molecule has 0 aromatic heterocycles. The molecule has 0 unspecified atom stereocenters. The Morgan fingerprint density at radius 3 is 0.892 bits per heavy atom. The molecule has 0 spiro atoms. The lowest BCUT2D eigenvalue weighted by Gasteiger charge is -2.28. The maximum atomic E-state index is 14.8. The summed E-state index contributed by atoms with van der Waals surface area (Å²) >= 11 is 0. The van der Waals surface area contributed by atoms with Crippen molar-refractivity contribution >= 4 is 48.5 Å². The van der Waals surface area contributed by atoms with E-state index in [1.807, 2.05) is 103 Å². The van der Waals surface area contributed by atoms with Crippen molar-refractivity contribution in [1.82, 2.24) is 0 Å². The fraction of sp³-hybridized carbons (Fsp3) is 0. The summed E-state index contributed by atoms with van der Waals surface area (Å²) in [7, 11) is -8.50. The number of benzene rings is 5. The van der Waals surface area contributed by atoms with Crippen molar-refractivity contribution < 1.29 is 18.0 Å². The van der Waals surface area contributed by atoms with Crippen LogP contribution in [0, 0.1) is 0 Å². The molecule has 0 saturated carbocycles. The summed E-state index contributed by atoms with van der Waals surface area (Å²) in [6.07, 6.45) is 0. The molecule has 0 aliphatic rings. The van der Waals surface area contributed by atoms with Gasteiger partial charge in [0.15, 0.2) is 0 Å². The highest BCUT2D eigenvalue weighted by Gasteiger charge is 2.41. The van der Waals surface area contributed by atoms with Crippen LogP contribution in [0.15, 0.2) is 152 Å². The predicted molar refractivity (Wildman–Crippen MR) is 154 cm³/mol. The molecule has 0 fully saturated rings. The minimum absolute atomic E-state index is 0.528. The summed E-state index contributed by atoms with van der Waals surface area (Å²) < 4.78 is 42.5. The first-order chi connectivity index (χ1) is 18.1. The lowest BCUT2D eigenvalue weighted by molar-refractivity contribution is 0.431. The van der Waals surface area contributed by atoms with E-state index in [1.165, 1.54) is 0 Å². The van der Waals surface area contributed by atoms with Crippen LogP contribution in [-0.2, 0) is 18.0 Å². The van der Waals surface area contributed by atoms with Crippen LogP contribution in [0.25, 0.3) is 0 Å². The number of hydrogen-bond acceptors (Lipinski definition) is 4. The quantitative estimate of drug-likeness (QED) is 0.196. The molecule has 0 aliphatic carbocycles. The van der Waals surface area contributed by atoms with Crippen LogP contribution in [0.5, 0.6) is 0 Å². The van der Waals surface area contributed by atoms with E-state index in [1.54, 1.807) is 48.5 Å². The maximum Gasteiger partial charge on any atom is 0.505 e. The van der Waals surface area contributed by atoms with Crippen LogP contribution in [0.1, 0.15) is 0 Å².